The second-order valence-electron chi connectivity index (χ2n) is 5.19. The van der Waals surface area contributed by atoms with Gasteiger partial charge in [-0.3, -0.25) is 0 Å². The lowest BCUT2D eigenvalue weighted by Gasteiger charge is -2.34. The van der Waals surface area contributed by atoms with Crippen LogP contribution in [0.4, 0.5) is 70.2 Å². The maximum Gasteiger partial charge on any atom is 0.460 e. The van der Waals surface area contributed by atoms with E-state index in [1.54, 1.807) is 0 Å². The van der Waals surface area contributed by atoms with E-state index in [0.29, 0.717) is 5.32 Å². The molecule has 0 saturated heterocycles. The molecule has 0 bridgehead atoms. The van der Waals surface area contributed by atoms with Gasteiger partial charge in [-0.25, -0.2) is 8.78 Å². The fourth-order valence-corrected chi connectivity index (χ4v) is 1.41. The monoisotopic (exact) mass is 445 g/mol. The van der Waals surface area contributed by atoms with Crippen LogP contribution in [0.2, 0.25) is 0 Å². The van der Waals surface area contributed by atoms with E-state index in [2.05, 4.69) is 0 Å². The Morgan fingerprint density at radius 1 is 0.444 bits per heavy atom. The van der Waals surface area contributed by atoms with Gasteiger partial charge in [-0.15, -0.1) is 0 Å². The maximum atomic E-state index is 13.0. The Morgan fingerprint density at radius 2 is 0.852 bits per heavy atom. The van der Waals surface area contributed by atoms with Crippen LogP contribution in [0.3, 0.4) is 0 Å². The lowest BCUT2D eigenvalue weighted by atomic mass is 10.0. The second kappa shape index (κ2) is 7.02. The van der Waals surface area contributed by atoms with Crippen molar-refractivity contribution in [1.29, 1.82) is 0 Å². The predicted octanol–water partition coefficient (Wildman–Crippen LogP) is 5.27. The van der Waals surface area contributed by atoms with E-state index in [9.17, 15) is 70.2 Å². The molecular weight excluding hydrogens is 438 g/mol. The van der Waals surface area contributed by atoms with Crippen molar-refractivity contribution in [2.24, 2.45) is 0 Å². The Bertz CT molecular complexity index is 500. The van der Waals surface area contributed by atoms with E-state index in [1.165, 1.54) is 0 Å². The van der Waals surface area contributed by atoms with Crippen LogP contribution in [-0.4, -0.2) is 55.1 Å². The molecule has 1 N–H and O–H groups in total. The summed E-state index contributed by atoms with van der Waals surface area (Å²) in [5, 5.41) is 0.488. The average molecular weight is 445 g/mol. The SMILES string of the molecule is FC(F)(CNCC(F)(F)C(F)(F)C(F)(F)C(F)(F)F)CC(F)(F)C(F)(F)F. The van der Waals surface area contributed by atoms with Crippen molar-refractivity contribution >= 4 is 0 Å². The minimum absolute atomic E-state index is 0.488. The van der Waals surface area contributed by atoms with E-state index in [1.807, 2.05) is 0 Å². The Morgan fingerprint density at radius 3 is 1.19 bits per heavy atom. The van der Waals surface area contributed by atoms with Crippen molar-refractivity contribution < 1.29 is 70.2 Å². The van der Waals surface area contributed by atoms with E-state index in [4.69, 9.17) is 0 Å². The van der Waals surface area contributed by atoms with E-state index in [-0.39, 0.29) is 0 Å². The summed E-state index contributed by atoms with van der Waals surface area (Å²) in [6, 6.07) is 0. The zero-order chi connectivity index (χ0) is 22.3. The molecular formula is C10H7F16N. The molecule has 0 unspecified atom stereocenters. The first-order valence-corrected chi connectivity index (χ1v) is 6.15. The maximum absolute atomic E-state index is 13.0. The third-order valence-electron chi connectivity index (χ3n) is 2.84. The first-order valence-electron chi connectivity index (χ1n) is 6.15. The molecule has 164 valence electrons. The van der Waals surface area contributed by atoms with Crippen molar-refractivity contribution in [3.8, 4) is 0 Å². The fraction of sp³-hybridized carbons (Fsp3) is 1.00. The molecule has 27 heavy (non-hydrogen) atoms. The van der Waals surface area contributed by atoms with E-state index < -0.39 is 61.5 Å². The summed E-state index contributed by atoms with van der Waals surface area (Å²) in [5.74, 6) is -32.0. The van der Waals surface area contributed by atoms with E-state index in [0.717, 1.165) is 0 Å². The molecule has 0 fully saturated rings. The van der Waals surface area contributed by atoms with Crippen molar-refractivity contribution in [1.82, 2.24) is 5.32 Å². The highest BCUT2D eigenvalue weighted by molar-refractivity contribution is 5.01. The minimum Gasteiger partial charge on any atom is -0.305 e. The average Bonchev–Trinajstić information content (AvgIpc) is 2.33. The number of hydrogen-bond donors (Lipinski definition) is 1. The molecule has 0 aliphatic rings. The molecule has 0 radical (unpaired) electrons. The van der Waals surface area contributed by atoms with Crippen LogP contribution >= 0.6 is 0 Å². The number of nitrogens with one attached hydrogen (secondary N) is 1. The zero-order valence-corrected chi connectivity index (χ0v) is 12.2. The first-order chi connectivity index (χ1) is 11.4. The van der Waals surface area contributed by atoms with Crippen LogP contribution in [0, 0.1) is 0 Å². The molecule has 0 rings (SSSR count). The van der Waals surface area contributed by atoms with Crippen molar-refractivity contribution in [2.75, 3.05) is 13.1 Å². The Labute approximate surface area is 138 Å². The molecule has 0 atom stereocenters. The third kappa shape index (κ3) is 5.43. The van der Waals surface area contributed by atoms with Gasteiger partial charge in [-0.05, 0) is 0 Å². The smallest absolute Gasteiger partial charge is 0.305 e. The van der Waals surface area contributed by atoms with Gasteiger partial charge in [-0.1, -0.05) is 0 Å². The van der Waals surface area contributed by atoms with Crippen LogP contribution in [0.25, 0.3) is 0 Å². The molecule has 0 spiro atoms. The molecule has 17 heteroatoms. The Kier molecular flexibility index (Phi) is 6.72. The van der Waals surface area contributed by atoms with Gasteiger partial charge in [0, 0.05) is 0 Å². The highest BCUT2D eigenvalue weighted by Crippen LogP contribution is 2.52. The molecule has 0 aromatic heterocycles. The van der Waals surface area contributed by atoms with E-state index >= 15 is 0 Å². The summed E-state index contributed by atoms with van der Waals surface area (Å²) in [6.45, 7) is -5.60. The molecule has 0 aliphatic heterocycles. The fourth-order valence-electron chi connectivity index (χ4n) is 1.41. The van der Waals surface area contributed by atoms with Crippen LogP contribution < -0.4 is 5.32 Å². The van der Waals surface area contributed by atoms with Crippen LogP contribution in [-0.2, 0) is 0 Å². The molecule has 0 aromatic rings. The number of hydrogen-bond acceptors (Lipinski definition) is 1. The van der Waals surface area contributed by atoms with Gasteiger partial charge in [0.1, 0.15) is 0 Å². The van der Waals surface area contributed by atoms with Gasteiger partial charge in [0.05, 0.1) is 19.5 Å². The molecule has 1 nitrogen and oxygen atoms in total. The van der Waals surface area contributed by atoms with Gasteiger partial charge < -0.3 is 5.32 Å². The second-order valence-corrected chi connectivity index (χ2v) is 5.19. The van der Waals surface area contributed by atoms with Gasteiger partial charge in [-0.2, -0.15) is 61.5 Å². The summed E-state index contributed by atoms with van der Waals surface area (Å²) < 4.78 is 198. The van der Waals surface area contributed by atoms with Gasteiger partial charge in [0.2, 0.25) is 0 Å². The minimum atomic E-state index is -7.31. The summed E-state index contributed by atoms with van der Waals surface area (Å²) in [4.78, 5) is 0. The summed E-state index contributed by atoms with van der Waals surface area (Å²) >= 11 is 0. The standard InChI is InChI=1S/C10H7F16N/c11-4(12,1-5(13,14)9(21,22)23)2-27-3-6(15,16)7(17,18)8(19,20)10(24,25)26/h27H,1-3H2. The molecule has 0 aliphatic carbocycles. The lowest BCUT2D eigenvalue weighted by Crippen LogP contribution is -2.63. The van der Waals surface area contributed by atoms with Crippen LogP contribution in [0.1, 0.15) is 6.42 Å². The topological polar surface area (TPSA) is 12.0 Å². The van der Waals surface area contributed by atoms with Crippen molar-refractivity contribution in [3.63, 3.8) is 0 Å². The molecule has 0 aromatic carbocycles. The summed E-state index contributed by atoms with van der Waals surface area (Å²) in [5.41, 5.74) is 0. The number of halogens is 16. The largest absolute Gasteiger partial charge is 0.460 e. The predicted molar refractivity (Wildman–Crippen MR) is 54.3 cm³/mol. The Hall–Kier alpha value is -1.16. The quantitative estimate of drug-likeness (QED) is 0.503. The Balaban J connectivity index is 5.16. The molecule has 0 amide bonds. The first kappa shape index (κ1) is 25.8. The summed E-state index contributed by atoms with van der Waals surface area (Å²) in [7, 11) is 0. The number of rotatable bonds is 8. The normalized spacial score (nSPS) is 16.0. The van der Waals surface area contributed by atoms with Crippen molar-refractivity contribution in [2.45, 2.75) is 48.4 Å². The molecule has 0 saturated carbocycles. The van der Waals surface area contributed by atoms with Crippen LogP contribution in [0.15, 0.2) is 0 Å². The highest BCUT2D eigenvalue weighted by atomic mass is 19.4. The van der Waals surface area contributed by atoms with Gasteiger partial charge in [0.25, 0.3) is 5.92 Å². The van der Waals surface area contributed by atoms with Crippen LogP contribution in [0.5, 0.6) is 0 Å². The van der Waals surface area contributed by atoms with Gasteiger partial charge >= 0.3 is 36.0 Å². The van der Waals surface area contributed by atoms with Crippen molar-refractivity contribution in [3.05, 3.63) is 0 Å². The number of alkyl halides is 16. The lowest BCUT2D eigenvalue weighted by molar-refractivity contribution is -0.394. The summed E-state index contributed by atoms with van der Waals surface area (Å²) in [6.07, 6.45) is -17.0. The van der Waals surface area contributed by atoms with Gasteiger partial charge in [0.15, 0.2) is 0 Å². The third-order valence-corrected chi connectivity index (χ3v) is 2.84. The zero-order valence-electron chi connectivity index (χ0n) is 12.2. The molecule has 0 heterocycles. The highest BCUT2D eigenvalue weighted by Gasteiger charge is 2.81.